The maximum atomic E-state index is 2.37. The zero-order valence-corrected chi connectivity index (χ0v) is 13.8. The summed E-state index contributed by atoms with van der Waals surface area (Å²) in [5.41, 5.74) is 0. The first kappa shape index (κ1) is 18.9. The predicted molar refractivity (Wildman–Crippen MR) is 48.8 cm³/mol. The third-order valence-corrected chi connectivity index (χ3v) is 5.50. The second kappa shape index (κ2) is 7.59. The first-order valence-electron chi connectivity index (χ1n) is 3.50. The summed E-state index contributed by atoms with van der Waals surface area (Å²) in [7, 11) is -0.147. The Morgan fingerprint density at radius 2 is 1.36 bits per heavy atom. The number of hydrogen-bond donors (Lipinski definition) is 0. The molecule has 0 N–H and O–H groups in total. The van der Waals surface area contributed by atoms with E-state index in [1.165, 1.54) is 0 Å². The molecule has 0 aromatic carbocycles. The van der Waals surface area contributed by atoms with E-state index in [1.807, 2.05) is 0 Å². The first-order chi connectivity index (χ1) is 3.89. The van der Waals surface area contributed by atoms with Crippen LogP contribution in [-0.2, 0) is 53.1 Å². The fraction of sp³-hybridized carbons (Fsp3) is 0.875. The van der Waals surface area contributed by atoms with Gasteiger partial charge in [0.05, 0.1) is 0 Å². The van der Waals surface area contributed by atoms with Crippen LogP contribution in [0.1, 0.15) is 27.7 Å². The molecule has 69 valence electrons. The molecule has 0 nitrogen and oxygen atoms in total. The van der Waals surface area contributed by atoms with E-state index in [0.29, 0.717) is 5.16 Å². The largest absolute Gasteiger partial charge is 0.277 e. The van der Waals surface area contributed by atoms with Gasteiger partial charge in [0.15, 0.2) is 0 Å². The van der Waals surface area contributed by atoms with Crippen LogP contribution in [0.25, 0.3) is 0 Å². The van der Waals surface area contributed by atoms with Crippen molar-refractivity contribution in [3.05, 3.63) is 5.92 Å². The quantitative estimate of drug-likeness (QED) is 0.412. The molecule has 3 heteroatoms. The van der Waals surface area contributed by atoms with E-state index in [9.17, 15) is 0 Å². The normalized spacial score (nSPS) is 10.9. The van der Waals surface area contributed by atoms with Crippen LogP contribution in [0.4, 0.5) is 0 Å². The second-order valence-electron chi connectivity index (χ2n) is 3.62. The minimum atomic E-state index is -0.147. The Hall–Kier alpha value is 2.20. The molecule has 0 heterocycles. The Morgan fingerprint density at radius 1 is 1.09 bits per heavy atom. The summed E-state index contributed by atoms with van der Waals surface area (Å²) >= 11 is 0. The molecule has 0 aliphatic heterocycles. The van der Waals surface area contributed by atoms with Crippen molar-refractivity contribution in [3.63, 3.8) is 0 Å². The fourth-order valence-corrected chi connectivity index (χ4v) is 1.50. The molecule has 0 aromatic rings. The third kappa shape index (κ3) is 6.29. The summed E-state index contributed by atoms with van der Waals surface area (Å²) in [6.07, 6.45) is 0. The van der Waals surface area contributed by atoms with Crippen molar-refractivity contribution in [2.75, 3.05) is 13.3 Å². The van der Waals surface area contributed by atoms with Crippen LogP contribution >= 0.6 is 7.92 Å². The minimum absolute atomic E-state index is 0. The van der Waals surface area contributed by atoms with Gasteiger partial charge >= 0.3 is 0 Å². The van der Waals surface area contributed by atoms with Crippen molar-refractivity contribution < 1.29 is 53.1 Å². The molecule has 1 radical (unpaired) electrons. The molecule has 0 fully saturated rings. The van der Waals surface area contributed by atoms with Crippen molar-refractivity contribution in [2.24, 2.45) is 0 Å². The Balaban J connectivity index is -0.000000320. The van der Waals surface area contributed by atoms with Crippen LogP contribution in [0.5, 0.6) is 0 Å². The molecule has 11 heavy (non-hydrogen) atoms. The Labute approximate surface area is 112 Å². The standard InChI is InChI=1S/C8H18P.Pd.Y/c1-7(2)8(3,4)9(5)6;;/h1-6H3;;/q-1;;/p+1. The van der Waals surface area contributed by atoms with Gasteiger partial charge in [-0.25, -0.2) is 0 Å². The molecule has 0 spiro atoms. The van der Waals surface area contributed by atoms with Gasteiger partial charge in [-0.1, -0.05) is 13.8 Å². The average Bonchev–Trinajstić information content (AvgIpc) is 1.65. The van der Waals surface area contributed by atoms with E-state index in [-0.39, 0.29) is 61.1 Å². The van der Waals surface area contributed by atoms with Gasteiger partial charge in [-0.2, -0.15) is 13.8 Å². The summed E-state index contributed by atoms with van der Waals surface area (Å²) in [4.78, 5) is 0. The van der Waals surface area contributed by atoms with Crippen LogP contribution < -0.4 is 0 Å². The zero-order valence-electron chi connectivity index (χ0n) is 8.39. The monoisotopic (exact) mass is 341 g/mol. The fourth-order valence-electron chi connectivity index (χ4n) is 0.500. The summed E-state index contributed by atoms with van der Waals surface area (Å²) in [6, 6.07) is 0. The molecule has 0 aromatic heterocycles. The maximum Gasteiger partial charge on any atom is 0.0443 e. The van der Waals surface area contributed by atoms with Gasteiger partial charge in [0.1, 0.15) is 0 Å². The van der Waals surface area contributed by atoms with Gasteiger partial charge in [0, 0.05) is 66.5 Å². The van der Waals surface area contributed by atoms with Gasteiger partial charge in [0.25, 0.3) is 0 Å². The van der Waals surface area contributed by atoms with E-state index in [4.69, 9.17) is 0 Å². The first-order valence-corrected chi connectivity index (χ1v) is 6.00. The van der Waals surface area contributed by atoms with Crippen molar-refractivity contribution in [2.45, 2.75) is 32.9 Å². The van der Waals surface area contributed by atoms with Gasteiger partial charge in [-0.05, 0) is 13.1 Å². The van der Waals surface area contributed by atoms with Crippen LogP contribution in [-0.4, -0.2) is 18.5 Å². The van der Waals surface area contributed by atoms with Crippen molar-refractivity contribution in [3.8, 4) is 0 Å². The van der Waals surface area contributed by atoms with Crippen LogP contribution in [0.2, 0.25) is 0 Å². The minimum Gasteiger partial charge on any atom is -0.277 e. The topological polar surface area (TPSA) is 0 Å². The van der Waals surface area contributed by atoms with E-state index in [0.717, 1.165) is 0 Å². The van der Waals surface area contributed by atoms with Gasteiger partial charge in [0.2, 0.25) is 0 Å². The Bertz CT molecular complexity index is 82.1. The molecule has 0 amide bonds. The van der Waals surface area contributed by atoms with Crippen LogP contribution in [0.3, 0.4) is 0 Å². The molecule has 0 aliphatic carbocycles. The SMILES string of the molecule is C[C-](C)C(C)(C)[PH+](C)C.[Pd].[Y]. The summed E-state index contributed by atoms with van der Waals surface area (Å²) in [5.74, 6) is 1.57. The van der Waals surface area contributed by atoms with E-state index in [2.05, 4.69) is 41.0 Å². The number of hydrogen-bond acceptors (Lipinski definition) is 0. The molecule has 0 saturated carbocycles. The molecule has 0 bridgehead atoms. The van der Waals surface area contributed by atoms with E-state index < -0.39 is 0 Å². The zero-order chi connectivity index (χ0) is 7.65. The molecule has 0 unspecified atom stereocenters. The van der Waals surface area contributed by atoms with Crippen molar-refractivity contribution >= 4 is 7.92 Å². The van der Waals surface area contributed by atoms with Gasteiger partial charge < -0.3 is 0 Å². The number of rotatable bonds is 2. The summed E-state index contributed by atoms with van der Waals surface area (Å²) in [5, 5.41) is 0.519. The molecule has 0 saturated heterocycles. The second-order valence-corrected chi connectivity index (χ2v) is 6.88. The summed E-state index contributed by atoms with van der Waals surface area (Å²) in [6.45, 7) is 13.9. The van der Waals surface area contributed by atoms with Gasteiger partial charge in [-0.15, -0.1) is 0 Å². The maximum absolute atomic E-state index is 2.37. The molecule has 0 atom stereocenters. The summed E-state index contributed by atoms with van der Waals surface area (Å²) < 4.78 is 0. The van der Waals surface area contributed by atoms with Crippen LogP contribution in [0.15, 0.2) is 0 Å². The van der Waals surface area contributed by atoms with Crippen molar-refractivity contribution in [1.82, 2.24) is 0 Å². The molecular weight excluding hydrogens is 322 g/mol. The van der Waals surface area contributed by atoms with Crippen LogP contribution in [0, 0.1) is 5.92 Å². The van der Waals surface area contributed by atoms with Crippen molar-refractivity contribution in [1.29, 1.82) is 0 Å². The average molecular weight is 342 g/mol. The Morgan fingerprint density at radius 3 is 1.36 bits per heavy atom. The smallest absolute Gasteiger partial charge is 0.0443 e. The van der Waals surface area contributed by atoms with E-state index in [1.54, 1.807) is 5.92 Å². The molecule has 0 aliphatic rings. The third-order valence-electron chi connectivity index (χ3n) is 2.50. The molecule has 0 rings (SSSR count). The molecular formula is C8H19PPdY. The predicted octanol–water partition coefficient (Wildman–Crippen LogP) is 2.85. The van der Waals surface area contributed by atoms with Gasteiger partial charge in [-0.3, -0.25) is 5.92 Å². The Kier molecular flexibility index (Phi) is 13.0. The van der Waals surface area contributed by atoms with E-state index >= 15 is 0 Å².